The number of hydrogen-bond acceptors (Lipinski definition) is 7. The molecule has 2 rings (SSSR count). The predicted octanol–water partition coefficient (Wildman–Crippen LogP) is 2.91. The Bertz CT molecular complexity index is 816. The molecular formula is C17H16Cl2N2O5. The lowest BCUT2D eigenvalue weighted by Gasteiger charge is -2.30. The second kappa shape index (κ2) is 8.30. The monoisotopic (exact) mass is 398 g/mol. The largest absolute Gasteiger partial charge is 0.465 e. The van der Waals surface area contributed by atoms with Crippen molar-refractivity contribution in [3.05, 3.63) is 39.2 Å². The highest BCUT2D eigenvalue weighted by Gasteiger charge is 2.44. The number of fused-ring (bicyclic) bond motifs is 1. The molecule has 1 aromatic carbocycles. The predicted molar refractivity (Wildman–Crippen MR) is 93.4 cm³/mol. The normalized spacial score (nSPS) is 16.8. The summed E-state index contributed by atoms with van der Waals surface area (Å²) < 4.78 is 15.4. The molecule has 0 fully saturated rings. The summed E-state index contributed by atoms with van der Waals surface area (Å²) in [6.45, 7) is 3.36. The summed E-state index contributed by atoms with van der Waals surface area (Å²) in [4.78, 5) is 24.8. The van der Waals surface area contributed by atoms with Crippen LogP contribution in [0.1, 0.15) is 25.3 Å². The minimum atomic E-state index is -1.37. The number of carbonyl (C=O) groups excluding carboxylic acids is 2. The molecule has 138 valence electrons. The van der Waals surface area contributed by atoms with Gasteiger partial charge in [0.05, 0.1) is 30.2 Å². The average Bonchev–Trinajstić information content (AvgIpc) is 2.56. The highest BCUT2D eigenvalue weighted by atomic mass is 35.5. The number of carbonyl (C=O) groups is 2. The fourth-order valence-corrected chi connectivity index (χ4v) is 3.22. The molecule has 0 radical (unpaired) electrons. The molecule has 0 saturated heterocycles. The molecule has 0 spiro atoms. The second-order valence-corrected chi connectivity index (χ2v) is 6.09. The molecule has 1 aromatic rings. The van der Waals surface area contributed by atoms with Crippen LogP contribution in [0.5, 0.6) is 5.75 Å². The third-order valence-corrected chi connectivity index (χ3v) is 4.17. The van der Waals surface area contributed by atoms with Crippen LogP contribution in [-0.4, -0.2) is 25.2 Å². The maximum Gasteiger partial charge on any atom is 0.340 e. The molecule has 0 unspecified atom stereocenters. The smallest absolute Gasteiger partial charge is 0.340 e. The van der Waals surface area contributed by atoms with Gasteiger partial charge in [0, 0.05) is 10.6 Å². The molecule has 0 amide bonds. The van der Waals surface area contributed by atoms with Crippen LogP contribution in [0, 0.1) is 17.2 Å². The van der Waals surface area contributed by atoms with Crippen LogP contribution in [-0.2, 0) is 19.1 Å². The number of ether oxygens (including phenoxy) is 3. The fourth-order valence-electron chi connectivity index (χ4n) is 2.67. The summed E-state index contributed by atoms with van der Waals surface area (Å²) in [5.41, 5.74) is 6.01. The summed E-state index contributed by atoms with van der Waals surface area (Å²) in [5, 5.41) is 9.95. The number of esters is 2. The van der Waals surface area contributed by atoms with Gasteiger partial charge in [0.2, 0.25) is 5.88 Å². The molecule has 0 bridgehead atoms. The summed E-state index contributed by atoms with van der Waals surface area (Å²) >= 11 is 12.2. The number of benzene rings is 1. The summed E-state index contributed by atoms with van der Waals surface area (Å²) in [6.07, 6.45) is 0. The summed E-state index contributed by atoms with van der Waals surface area (Å²) in [6, 6.07) is 4.75. The Morgan fingerprint density at radius 2 is 1.96 bits per heavy atom. The van der Waals surface area contributed by atoms with Crippen LogP contribution >= 0.6 is 23.2 Å². The van der Waals surface area contributed by atoms with Crippen molar-refractivity contribution in [2.24, 2.45) is 11.7 Å². The van der Waals surface area contributed by atoms with Crippen molar-refractivity contribution < 1.29 is 23.8 Å². The van der Waals surface area contributed by atoms with Crippen molar-refractivity contribution in [2.75, 3.05) is 13.2 Å². The zero-order chi connectivity index (χ0) is 19.4. The Morgan fingerprint density at radius 3 is 2.54 bits per heavy atom. The average molecular weight is 399 g/mol. The van der Waals surface area contributed by atoms with E-state index in [0.29, 0.717) is 0 Å². The number of nitrogens with two attached hydrogens (primary N) is 1. The first-order chi connectivity index (χ1) is 12.3. The van der Waals surface area contributed by atoms with E-state index in [1.807, 2.05) is 6.07 Å². The molecule has 1 aliphatic rings. The molecule has 0 saturated carbocycles. The third kappa shape index (κ3) is 3.71. The number of nitriles is 1. The third-order valence-electron chi connectivity index (χ3n) is 3.67. The Morgan fingerprint density at radius 1 is 1.31 bits per heavy atom. The Labute approximate surface area is 160 Å². The maximum atomic E-state index is 12.4. The zero-order valence-corrected chi connectivity index (χ0v) is 15.6. The van der Waals surface area contributed by atoms with Crippen LogP contribution in [0.3, 0.4) is 0 Å². The summed E-state index contributed by atoms with van der Waals surface area (Å²) in [7, 11) is 0. The topological polar surface area (TPSA) is 112 Å². The van der Waals surface area contributed by atoms with Crippen molar-refractivity contribution in [3.8, 4) is 11.8 Å². The van der Waals surface area contributed by atoms with Crippen LogP contribution in [0.2, 0.25) is 10.0 Å². The standard InChI is InChI=1S/C17H16Cl2N2O5/c1-3-24-16(22)10(7-20)12-9-5-8(18)6-11(19)14(9)26-15(21)13(12)17(23)25-4-2/h5-6,10,12H,3-4,21H2,1-2H3/t10-,12+/m1/s1. The number of halogens is 2. The van der Waals surface area contributed by atoms with Gasteiger partial charge in [-0.25, -0.2) is 4.79 Å². The highest BCUT2D eigenvalue weighted by molar-refractivity contribution is 6.35. The van der Waals surface area contributed by atoms with Crippen LogP contribution < -0.4 is 10.5 Å². The molecule has 2 atom stereocenters. The fraction of sp³-hybridized carbons (Fsp3) is 0.353. The van der Waals surface area contributed by atoms with E-state index in [1.54, 1.807) is 13.8 Å². The second-order valence-electron chi connectivity index (χ2n) is 5.24. The van der Waals surface area contributed by atoms with Gasteiger partial charge in [0.1, 0.15) is 5.57 Å². The van der Waals surface area contributed by atoms with Crippen molar-refractivity contribution in [1.82, 2.24) is 0 Å². The van der Waals surface area contributed by atoms with Gasteiger partial charge >= 0.3 is 11.9 Å². The molecule has 26 heavy (non-hydrogen) atoms. The number of hydrogen-bond donors (Lipinski definition) is 1. The van der Waals surface area contributed by atoms with Crippen LogP contribution in [0.4, 0.5) is 0 Å². The minimum absolute atomic E-state index is 0.0668. The lowest BCUT2D eigenvalue weighted by atomic mass is 9.79. The van der Waals surface area contributed by atoms with Gasteiger partial charge in [-0.3, -0.25) is 4.79 Å². The van der Waals surface area contributed by atoms with Crippen molar-refractivity contribution >= 4 is 35.1 Å². The van der Waals surface area contributed by atoms with Gasteiger partial charge in [-0.15, -0.1) is 0 Å². The van der Waals surface area contributed by atoms with Crippen molar-refractivity contribution in [2.45, 2.75) is 19.8 Å². The van der Waals surface area contributed by atoms with Gasteiger partial charge in [0.25, 0.3) is 0 Å². The van der Waals surface area contributed by atoms with Gasteiger partial charge < -0.3 is 19.9 Å². The molecule has 7 nitrogen and oxygen atoms in total. The molecule has 2 N–H and O–H groups in total. The molecule has 0 aromatic heterocycles. The van der Waals surface area contributed by atoms with Crippen LogP contribution in [0.25, 0.3) is 0 Å². The SMILES string of the molecule is CCOC(=O)C1=C(N)Oc2c(Cl)cc(Cl)cc2[C@H]1[C@@H](C#N)C(=O)OCC. The molecule has 1 heterocycles. The lowest BCUT2D eigenvalue weighted by molar-refractivity contribution is -0.146. The van der Waals surface area contributed by atoms with E-state index >= 15 is 0 Å². The molecule has 0 aliphatic carbocycles. The van der Waals surface area contributed by atoms with E-state index in [2.05, 4.69) is 0 Å². The molecule has 9 heteroatoms. The van der Waals surface area contributed by atoms with E-state index in [1.165, 1.54) is 12.1 Å². The first-order valence-electron chi connectivity index (χ1n) is 7.75. The first kappa shape index (κ1) is 19.9. The lowest BCUT2D eigenvalue weighted by Crippen LogP contribution is -2.34. The number of rotatable bonds is 5. The van der Waals surface area contributed by atoms with E-state index in [-0.39, 0.29) is 46.0 Å². The van der Waals surface area contributed by atoms with E-state index < -0.39 is 23.8 Å². The summed E-state index contributed by atoms with van der Waals surface area (Å²) in [5.74, 6) is -4.26. The zero-order valence-electron chi connectivity index (χ0n) is 14.0. The van der Waals surface area contributed by atoms with Crippen molar-refractivity contribution in [3.63, 3.8) is 0 Å². The molecular weight excluding hydrogens is 383 g/mol. The Balaban J connectivity index is 2.70. The van der Waals surface area contributed by atoms with E-state index in [9.17, 15) is 14.9 Å². The minimum Gasteiger partial charge on any atom is -0.465 e. The van der Waals surface area contributed by atoms with Gasteiger partial charge in [-0.05, 0) is 26.0 Å². The highest BCUT2D eigenvalue weighted by Crippen LogP contribution is 2.47. The van der Waals surface area contributed by atoms with Crippen molar-refractivity contribution in [1.29, 1.82) is 5.26 Å². The van der Waals surface area contributed by atoms with Gasteiger partial charge in [0.15, 0.2) is 11.7 Å². The van der Waals surface area contributed by atoms with E-state index in [0.717, 1.165) is 0 Å². The number of nitrogens with zero attached hydrogens (tertiary/aromatic N) is 1. The first-order valence-corrected chi connectivity index (χ1v) is 8.51. The quantitative estimate of drug-likeness (QED) is 0.758. The van der Waals surface area contributed by atoms with E-state index in [4.69, 9.17) is 43.1 Å². The Hall–Kier alpha value is -2.43. The van der Waals surface area contributed by atoms with Gasteiger partial charge in [-0.1, -0.05) is 23.2 Å². The maximum absolute atomic E-state index is 12.4. The van der Waals surface area contributed by atoms with Crippen LogP contribution in [0.15, 0.2) is 23.6 Å². The molecule has 1 aliphatic heterocycles. The Kier molecular flexibility index (Phi) is 6.35. The van der Waals surface area contributed by atoms with Gasteiger partial charge in [-0.2, -0.15) is 5.26 Å².